The van der Waals surface area contributed by atoms with Crippen LogP contribution in [0.25, 0.3) is 0 Å². The quantitative estimate of drug-likeness (QED) is 0.184. The number of Topliss-reactive ketones (excluding diaryl/α,β-unsaturated/α-hetero) is 1. The number of aliphatic hydroxyl groups excluding tert-OH is 2. The minimum absolute atomic E-state index is 0. The van der Waals surface area contributed by atoms with Crippen molar-refractivity contribution < 1.29 is 136 Å². The third-order valence-corrected chi connectivity index (χ3v) is 6.75. The Hall–Kier alpha value is 0.473. The minimum atomic E-state index is -4.75. The molecule has 41 heavy (non-hydrogen) atoms. The van der Waals surface area contributed by atoms with Gasteiger partial charge in [-0.25, -0.2) is 0 Å². The van der Waals surface area contributed by atoms with E-state index in [1.54, 1.807) is 47.8 Å². The number of halogens is 3. The number of benzene rings is 2. The molecule has 0 aliphatic carbocycles. The Morgan fingerprint density at radius 1 is 0.683 bits per heavy atom. The molecule has 0 aliphatic heterocycles. The Balaban J connectivity index is 0. The molecule has 0 unspecified atom stereocenters. The van der Waals surface area contributed by atoms with E-state index in [0.717, 1.165) is 28.6 Å². The first-order chi connectivity index (χ1) is 18.7. The number of aliphatic carboxylic acids is 1. The van der Waals surface area contributed by atoms with E-state index in [-0.39, 0.29) is 114 Å². The maximum Gasteiger partial charge on any atom is 0.449 e. The number of carbonyl (C=O) groups excluding carboxylic acids is 1. The number of aliphatic hydroxyl groups is 2. The third-order valence-electron chi connectivity index (χ3n) is 4.90. The van der Waals surface area contributed by atoms with Crippen molar-refractivity contribution in [2.24, 2.45) is 0 Å². The second-order valence-corrected chi connectivity index (χ2v) is 10.4. The maximum atomic E-state index is 12.1. The zero-order chi connectivity index (χ0) is 28.9. The molecule has 0 fully saturated rings. The molecule has 14 heteroatoms. The fourth-order valence-corrected chi connectivity index (χ4v) is 3.99. The summed E-state index contributed by atoms with van der Waals surface area (Å²) >= 11 is 3.22. The van der Waals surface area contributed by atoms with Crippen molar-refractivity contribution in [3.8, 4) is 11.5 Å². The molecule has 2 radical (unpaired) electrons. The number of carboxylic acids is 1. The van der Waals surface area contributed by atoms with E-state index in [4.69, 9.17) is 24.8 Å². The van der Waals surface area contributed by atoms with Gasteiger partial charge in [-0.3, -0.25) is 9.59 Å². The number of ketones is 1. The number of hydrogen-bond acceptors (Lipinski definition) is 8. The van der Waals surface area contributed by atoms with Gasteiger partial charge < -0.3 is 24.8 Å². The van der Waals surface area contributed by atoms with Gasteiger partial charge in [0.1, 0.15) is 11.5 Å². The zero-order valence-corrected chi connectivity index (χ0v) is 33.8. The fourth-order valence-electron chi connectivity index (χ4n) is 2.93. The fraction of sp³-hybridized carbons (Fsp3) is 0.481. The predicted octanol–water partition coefficient (Wildman–Crippen LogP) is 4.66. The van der Waals surface area contributed by atoms with Crippen LogP contribution in [0.3, 0.4) is 0 Å². The number of carboxylic acid groups (broad SMARTS) is 1. The van der Waals surface area contributed by atoms with Crippen molar-refractivity contribution in [3.63, 3.8) is 0 Å². The number of hydrogen-bond donors (Lipinski definition) is 3. The van der Waals surface area contributed by atoms with Crippen LogP contribution in [0.1, 0.15) is 24.0 Å². The number of aryl methyl sites for hydroxylation is 2. The molecule has 7 nitrogen and oxygen atoms in total. The van der Waals surface area contributed by atoms with Crippen LogP contribution in [-0.4, -0.2) is 82.7 Å². The first kappa shape index (κ1) is 43.6. The molecule has 2 aromatic rings. The van der Waals surface area contributed by atoms with Gasteiger partial charge in [0, 0.05) is 124 Å². The molecule has 0 aliphatic rings. The molecule has 224 valence electrons. The van der Waals surface area contributed by atoms with E-state index in [9.17, 15) is 22.8 Å². The van der Waals surface area contributed by atoms with Crippen molar-refractivity contribution in [1.82, 2.24) is 0 Å². The van der Waals surface area contributed by atoms with E-state index in [1.807, 2.05) is 24.3 Å². The summed E-state index contributed by atoms with van der Waals surface area (Å²) in [5, 5.41) is 25.8. The number of alkyl halides is 3. The summed E-state index contributed by atoms with van der Waals surface area (Å²) in [5.74, 6) is 1.93. The van der Waals surface area contributed by atoms with E-state index < -0.39 is 24.3 Å². The van der Waals surface area contributed by atoms with E-state index in [2.05, 4.69) is 0 Å². The van der Waals surface area contributed by atoms with Crippen LogP contribution in [0.2, 0.25) is 0 Å². The number of rotatable bonds is 18. The average molecular weight is 1050 g/mol. The smallest absolute Gasteiger partial charge is 0.449 e. The summed E-state index contributed by atoms with van der Waals surface area (Å²) in [6.07, 6.45) is -4.54. The van der Waals surface area contributed by atoms with Crippen LogP contribution >= 0.6 is 23.5 Å². The van der Waals surface area contributed by atoms with Crippen molar-refractivity contribution >= 4 is 35.3 Å². The van der Waals surface area contributed by atoms with Gasteiger partial charge in [0.05, 0.1) is 26.4 Å². The predicted molar refractivity (Wildman–Crippen MR) is 148 cm³/mol. The summed E-state index contributed by atoms with van der Waals surface area (Å²) in [6.45, 7) is 1.44. The first-order valence-electron chi connectivity index (χ1n) is 12.3. The monoisotopic (exact) mass is 1050 g/mol. The Kier molecular flexibility index (Phi) is 28.5. The Morgan fingerprint density at radius 3 is 1.41 bits per heavy atom. The Bertz CT molecular complexity index is 951. The molecule has 0 spiro atoms. The SMILES string of the molecule is O=C(CCc1ccc(OCCSCCO)cc1)C(F)(F)F.O=C(O)CCc1ccc(OCCSCCO)cc1.[Ac].[Ac]. The second kappa shape index (κ2) is 26.8. The van der Waals surface area contributed by atoms with Gasteiger partial charge in [-0.2, -0.15) is 36.7 Å². The van der Waals surface area contributed by atoms with Gasteiger partial charge in [-0.15, -0.1) is 0 Å². The molecule has 0 amide bonds. The van der Waals surface area contributed by atoms with Crippen LogP contribution in [0.5, 0.6) is 11.5 Å². The number of ether oxygens (including phenoxy) is 2. The van der Waals surface area contributed by atoms with Crippen LogP contribution in [0, 0.1) is 88.1 Å². The van der Waals surface area contributed by atoms with Crippen molar-refractivity contribution in [2.75, 3.05) is 49.4 Å². The summed E-state index contributed by atoms with van der Waals surface area (Å²) in [4.78, 5) is 21.2. The topological polar surface area (TPSA) is 113 Å². The Morgan fingerprint density at radius 2 is 1.07 bits per heavy atom. The van der Waals surface area contributed by atoms with Crippen LogP contribution in [0.4, 0.5) is 13.2 Å². The molecule has 0 saturated heterocycles. The average Bonchev–Trinajstić information content (AvgIpc) is 2.91. The Labute approximate surface area is 319 Å². The largest absolute Gasteiger partial charge is 0.493 e. The number of thioether (sulfide) groups is 2. The van der Waals surface area contributed by atoms with Crippen molar-refractivity contribution in [1.29, 1.82) is 0 Å². The van der Waals surface area contributed by atoms with Crippen LogP contribution in [0.15, 0.2) is 48.5 Å². The molecule has 0 bridgehead atoms. The summed E-state index contributed by atoms with van der Waals surface area (Å²) < 4.78 is 47.1. The van der Waals surface area contributed by atoms with Gasteiger partial charge in [-0.1, -0.05) is 24.3 Å². The van der Waals surface area contributed by atoms with Crippen molar-refractivity contribution in [3.05, 3.63) is 59.7 Å². The van der Waals surface area contributed by atoms with E-state index in [1.165, 1.54) is 0 Å². The molecule has 0 saturated carbocycles. The summed E-state index contributed by atoms with van der Waals surface area (Å²) in [5.41, 5.74) is 1.66. The van der Waals surface area contributed by atoms with Crippen LogP contribution in [-0.2, 0) is 22.4 Å². The molecular formula is C27H35Ac2F3O7S2. The van der Waals surface area contributed by atoms with Gasteiger partial charge >= 0.3 is 12.1 Å². The molecule has 2 rings (SSSR count). The van der Waals surface area contributed by atoms with Gasteiger partial charge in [0.2, 0.25) is 5.78 Å². The molecule has 0 heterocycles. The maximum absolute atomic E-state index is 12.1. The third kappa shape index (κ3) is 23.5. The van der Waals surface area contributed by atoms with Gasteiger partial charge in [0.15, 0.2) is 0 Å². The summed E-state index contributed by atoms with van der Waals surface area (Å²) in [7, 11) is 0. The second-order valence-electron chi connectivity index (χ2n) is 7.97. The normalized spacial score (nSPS) is 10.4. The molecular weight excluding hydrogens is 1010 g/mol. The molecule has 2 aromatic carbocycles. The van der Waals surface area contributed by atoms with E-state index in [0.29, 0.717) is 36.7 Å². The standard InChI is InChI=1S/C14H17F3O3S.C13H18O4S.2Ac/c15-14(16,17)13(19)6-3-11-1-4-12(5-2-11)20-8-10-21-9-7-18;14-7-9-18-10-8-17-12-4-1-11(2-5-12)3-6-13(15)16;;/h1-2,4-5,18H,3,6-10H2;1-2,4-5,14H,3,6-10H2,(H,15,16);;. The minimum Gasteiger partial charge on any atom is -0.493 e. The summed E-state index contributed by atoms with van der Waals surface area (Å²) in [6, 6.07) is 14.1. The zero-order valence-electron chi connectivity index (χ0n) is 22.7. The van der Waals surface area contributed by atoms with Gasteiger partial charge in [0.25, 0.3) is 0 Å². The van der Waals surface area contributed by atoms with Crippen molar-refractivity contribution in [2.45, 2.75) is 31.9 Å². The first-order valence-corrected chi connectivity index (χ1v) is 14.6. The molecule has 0 atom stereocenters. The van der Waals surface area contributed by atoms with Gasteiger partial charge in [-0.05, 0) is 48.2 Å². The number of carbonyl (C=O) groups is 2. The molecule has 3 N–H and O–H groups in total. The van der Waals surface area contributed by atoms with Crippen LogP contribution < -0.4 is 9.47 Å². The van der Waals surface area contributed by atoms with E-state index >= 15 is 0 Å². The molecule has 0 aromatic heterocycles.